The van der Waals surface area contributed by atoms with Crippen molar-refractivity contribution >= 4 is 23.2 Å². The van der Waals surface area contributed by atoms with Crippen molar-refractivity contribution < 1.29 is 4.79 Å². The van der Waals surface area contributed by atoms with Gasteiger partial charge < -0.3 is 5.32 Å². The first-order valence-corrected chi connectivity index (χ1v) is 5.88. The molecule has 0 spiro atoms. The number of hydrogen-bond acceptors (Lipinski definition) is 4. The molecule has 5 nitrogen and oxygen atoms in total. The van der Waals surface area contributed by atoms with E-state index in [2.05, 4.69) is 20.5 Å². The molecule has 2 heterocycles. The van der Waals surface area contributed by atoms with E-state index in [1.807, 2.05) is 18.2 Å². The number of anilines is 1. The third-order valence-electron chi connectivity index (χ3n) is 2.85. The van der Waals surface area contributed by atoms with Crippen molar-refractivity contribution in [1.82, 2.24) is 15.2 Å². The number of amides is 1. The second kappa shape index (κ2) is 4.34. The molecule has 0 fully saturated rings. The first-order valence-electron chi connectivity index (χ1n) is 5.50. The quantitative estimate of drug-likeness (QED) is 0.852. The molecular weight excluding hydrogens is 252 g/mol. The molecule has 1 aromatic carbocycles. The van der Waals surface area contributed by atoms with E-state index in [9.17, 15) is 4.79 Å². The summed E-state index contributed by atoms with van der Waals surface area (Å²) in [7, 11) is 0. The SMILES string of the molecule is O=C1CCc2cc(-c3nncnc3Cl)ccc2N1. The van der Waals surface area contributed by atoms with Gasteiger partial charge in [0.15, 0.2) is 5.15 Å². The molecular formula is C12H9ClN4O. The highest BCUT2D eigenvalue weighted by atomic mass is 35.5. The molecule has 2 aromatic rings. The summed E-state index contributed by atoms with van der Waals surface area (Å²) in [6.07, 6.45) is 2.54. The number of nitrogens with one attached hydrogen (secondary N) is 1. The molecule has 0 saturated carbocycles. The van der Waals surface area contributed by atoms with Crippen LogP contribution in [0.3, 0.4) is 0 Å². The Morgan fingerprint density at radius 1 is 1.28 bits per heavy atom. The average Bonchev–Trinajstić information content (AvgIpc) is 2.39. The number of aromatic nitrogens is 3. The van der Waals surface area contributed by atoms with Gasteiger partial charge in [-0.1, -0.05) is 17.7 Å². The van der Waals surface area contributed by atoms with Gasteiger partial charge in [0.25, 0.3) is 0 Å². The molecule has 0 radical (unpaired) electrons. The van der Waals surface area contributed by atoms with E-state index in [-0.39, 0.29) is 5.91 Å². The minimum Gasteiger partial charge on any atom is -0.326 e. The van der Waals surface area contributed by atoms with Gasteiger partial charge in [-0.3, -0.25) is 4.79 Å². The first kappa shape index (κ1) is 11.1. The molecule has 0 bridgehead atoms. The molecule has 1 aliphatic heterocycles. The molecule has 0 aliphatic carbocycles. The Bertz CT molecular complexity index is 629. The van der Waals surface area contributed by atoms with Crippen molar-refractivity contribution in [3.8, 4) is 11.3 Å². The third-order valence-corrected chi connectivity index (χ3v) is 3.13. The van der Waals surface area contributed by atoms with Gasteiger partial charge in [0.1, 0.15) is 12.0 Å². The second-order valence-electron chi connectivity index (χ2n) is 4.02. The van der Waals surface area contributed by atoms with Crippen LogP contribution in [0.4, 0.5) is 5.69 Å². The van der Waals surface area contributed by atoms with Gasteiger partial charge in [0, 0.05) is 17.7 Å². The number of aryl methyl sites for hydroxylation is 1. The van der Waals surface area contributed by atoms with Crippen molar-refractivity contribution in [2.75, 3.05) is 5.32 Å². The van der Waals surface area contributed by atoms with Crippen LogP contribution < -0.4 is 5.32 Å². The zero-order valence-electron chi connectivity index (χ0n) is 9.35. The highest BCUT2D eigenvalue weighted by Gasteiger charge is 2.16. The zero-order valence-corrected chi connectivity index (χ0v) is 10.1. The second-order valence-corrected chi connectivity index (χ2v) is 4.38. The molecule has 6 heteroatoms. The minimum absolute atomic E-state index is 0.0504. The van der Waals surface area contributed by atoms with E-state index in [1.165, 1.54) is 6.33 Å². The van der Waals surface area contributed by atoms with Gasteiger partial charge in [-0.15, -0.1) is 10.2 Å². The summed E-state index contributed by atoms with van der Waals surface area (Å²) >= 11 is 5.98. The van der Waals surface area contributed by atoms with Crippen molar-refractivity contribution in [1.29, 1.82) is 0 Å². The maximum atomic E-state index is 11.3. The monoisotopic (exact) mass is 260 g/mol. The number of benzene rings is 1. The zero-order chi connectivity index (χ0) is 12.5. The number of nitrogens with zero attached hydrogens (tertiary/aromatic N) is 3. The lowest BCUT2D eigenvalue weighted by Crippen LogP contribution is -2.18. The van der Waals surface area contributed by atoms with Crippen LogP contribution >= 0.6 is 11.6 Å². The van der Waals surface area contributed by atoms with Crippen LogP contribution in [0, 0.1) is 0 Å². The molecule has 0 atom stereocenters. The number of rotatable bonds is 1. The van der Waals surface area contributed by atoms with E-state index in [1.54, 1.807) is 0 Å². The summed E-state index contributed by atoms with van der Waals surface area (Å²) in [6, 6.07) is 5.67. The number of halogens is 1. The number of hydrogen-bond donors (Lipinski definition) is 1. The fourth-order valence-electron chi connectivity index (χ4n) is 1.97. The van der Waals surface area contributed by atoms with Crippen LogP contribution in [0.15, 0.2) is 24.5 Å². The molecule has 1 aromatic heterocycles. The van der Waals surface area contributed by atoms with Gasteiger partial charge in [-0.2, -0.15) is 0 Å². The van der Waals surface area contributed by atoms with E-state index in [0.717, 1.165) is 23.2 Å². The first-order chi connectivity index (χ1) is 8.74. The van der Waals surface area contributed by atoms with Crippen LogP contribution in [-0.2, 0) is 11.2 Å². The molecule has 0 saturated heterocycles. The predicted molar refractivity (Wildman–Crippen MR) is 67.2 cm³/mol. The minimum atomic E-state index is 0.0504. The lowest BCUT2D eigenvalue weighted by Gasteiger charge is -2.17. The van der Waals surface area contributed by atoms with Crippen LogP contribution in [0.2, 0.25) is 5.15 Å². The Labute approximate surface area is 108 Å². The number of carbonyl (C=O) groups excluding carboxylic acids is 1. The smallest absolute Gasteiger partial charge is 0.224 e. The standard InChI is InChI=1S/C12H9ClN4O/c13-12-11(17-15-6-14-12)8-1-3-9-7(5-8)2-4-10(18)16-9/h1,3,5-6H,2,4H2,(H,16,18). The van der Waals surface area contributed by atoms with Gasteiger partial charge in [-0.25, -0.2) is 4.98 Å². The van der Waals surface area contributed by atoms with Crippen LogP contribution in [-0.4, -0.2) is 21.1 Å². The topological polar surface area (TPSA) is 67.8 Å². The Morgan fingerprint density at radius 2 is 2.17 bits per heavy atom. The van der Waals surface area contributed by atoms with Gasteiger partial charge in [0.05, 0.1) is 0 Å². The average molecular weight is 261 g/mol. The lowest BCUT2D eigenvalue weighted by atomic mass is 9.99. The highest BCUT2D eigenvalue weighted by molar-refractivity contribution is 6.31. The van der Waals surface area contributed by atoms with Crippen molar-refractivity contribution in [3.05, 3.63) is 35.2 Å². The largest absolute Gasteiger partial charge is 0.326 e. The molecule has 0 unspecified atom stereocenters. The summed E-state index contributed by atoms with van der Waals surface area (Å²) in [4.78, 5) is 15.2. The number of carbonyl (C=O) groups is 1. The van der Waals surface area contributed by atoms with Gasteiger partial charge >= 0.3 is 0 Å². The predicted octanol–water partition coefficient (Wildman–Crippen LogP) is 2.08. The summed E-state index contributed by atoms with van der Waals surface area (Å²) in [5, 5.41) is 10.9. The third kappa shape index (κ3) is 1.93. The van der Waals surface area contributed by atoms with Crippen LogP contribution in [0.25, 0.3) is 11.3 Å². The summed E-state index contributed by atoms with van der Waals surface area (Å²) in [5.41, 5.74) is 3.34. The molecule has 18 heavy (non-hydrogen) atoms. The van der Waals surface area contributed by atoms with Crippen molar-refractivity contribution in [2.45, 2.75) is 12.8 Å². The van der Waals surface area contributed by atoms with Gasteiger partial charge in [0.2, 0.25) is 5.91 Å². The normalized spacial score (nSPS) is 13.9. The summed E-state index contributed by atoms with van der Waals surface area (Å²) in [6.45, 7) is 0. The highest BCUT2D eigenvalue weighted by Crippen LogP contribution is 2.29. The van der Waals surface area contributed by atoms with E-state index < -0.39 is 0 Å². The Kier molecular flexibility index (Phi) is 2.68. The van der Waals surface area contributed by atoms with Crippen LogP contribution in [0.5, 0.6) is 0 Å². The molecule has 90 valence electrons. The van der Waals surface area contributed by atoms with Crippen LogP contribution in [0.1, 0.15) is 12.0 Å². The Hall–Kier alpha value is -2.01. The summed E-state index contributed by atoms with van der Waals surface area (Å²) in [5.74, 6) is 0.0504. The van der Waals surface area contributed by atoms with E-state index >= 15 is 0 Å². The number of fused-ring (bicyclic) bond motifs is 1. The summed E-state index contributed by atoms with van der Waals surface area (Å²) < 4.78 is 0. The molecule has 1 N–H and O–H groups in total. The molecule has 1 aliphatic rings. The molecule has 3 rings (SSSR count). The van der Waals surface area contributed by atoms with Crippen molar-refractivity contribution in [3.63, 3.8) is 0 Å². The van der Waals surface area contributed by atoms with E-state index in [0.29, 0.717) is 17.3 Å². The Morgan fingerprint density at radius 3 is 3.00 bits per heavy atom. The maximum Gasteiger partial charge on any atom is 0.224 e. The maximum absolute atomic E-state index is 11.3. The lowest BCUT2D eigenvalue weighted by molar-refractivity contribution is -0.116. The van der Waals surface area contributed by atoms with Gasteiger partial charge in [-0.05, 0) is 24.1 Å². The van der Waals surface area contributed by atoms with E-state index in [4.69, 9.17) is 11.6 Å². The van der Waals surface area contributed by atoms with Crippen molar-refractivity contribution in [2.24, 2.45) is 0 Å². The fraction of sp³-hybridized carbons (Fsp3) is 0.167. The Balaban J connectivity index is 2.05. The fourth-order valence-corrected chi connectivity index (χ4v) is 2.16. The molecule has 1 amide bonds.